The first kappa shape index (κ1) is 32.4. The maximum absolute atomic E-state index is 5.21. The topological polar surface area (TPSA) is 51.6 Å². The molecule has 1 aliphatic carbocycles. The van der Waals surface area contributed by atoms with Gasteiger partial charge in [-0.15, -0.1) is 0 Å². The van der Waals surface area contributed by atoms with Crippen molar-refractivity contribution in [2.45, 2.75) is 5.41 Å². The van der Waals surface area contributed by atoms with E-state index in [1.807, 2.05) is 30.6 Å². The van der Waals surface area contributed by atoms with E-state index >= 15 is 0 Å². The van der Waals surface area contributed by atoms with Crippen LogP contribution in [0.5, 0.6) is 0 Å². The lowest BCUT2D eigenvalue weighted by molar-refractivity contribution is 0.768. The molecule has 0 aliphatic heterocycles. The van der Waals surface area contributed by atoms with E-state index in [2.05, 4.69) is 181 Å². The zero-order chi connectivity index (χ0) is 36.6. The monoisotopic (exact) mass is 702 g/mol. The molecule has 0 N–H and O–H groups in total. The van der Waals surface area contributed by atoms with E-state index in [0.29, 0.717) is 17.5 Å². The molecule has 2 heterocycles. The molecule has 1 aliphatic rings. The molecule has 258 valence electrons. The van der Waals surface area contributed by atoms with E-state index in [0.717, 1.165) is 33.4 Å². The quantitative estimate of drug-likeness (QED) is 0.166. The molecule has 55 heavy (non-hydrogen) atoms. The summed E-state index contributed by atoms with van der Waals surface area (Å²) in [4.78, 5) is 19.7. The van der Waals surface area contributed by atoms with Gasteiger partial charge in [-0.1, -0.05) is 176 Å². The fourth-order valence-electron chi connectivity index (χ4n) is 8.15. The first-order valence-electron chi connectivity index (χ1n) is 18.5. The number of rotatable bonds is 7. The third-order valence-electron chi connectivity index (χ3n) is 10.8. The normalized spacial score (nSPS) is 12.5. The Hall–Kier alpha value is -7.30. The van der Waals surface area contributed by atoms with Gasteiger partial charge in [-0.3, -0.25) is 4.98 Å². The molecule has 0 saturated carbocycles. The van der Waals surface area contributed by atoms with Crippen LogP contribution in [0, 0.1) is 0 Å². The molecule has 4 nitrogen and oxygen atoms in total. The molecule has 0 bridgehead atoms. The lowest BCUT2D eigenvalue weighted by atomic mass is 9.67. The van der Waals surface area contributed by atoms with Gasteiger partial charge in [-0.2, -0.15) is 0 Å². The second-order valence-corrected chi connectivity index (χ2v) is 13.9. The summed E-state index contributed by atoms with van der Waals surface area (Å²) in [5.41, 5.74) is 14.1. The van der Waals surface area contributed by atoms with E-state index in [1.165, 1.54) is 38.9 Å². The van der Waals surface area contributed by atoms with Crippen LogP contribution < -0.4 is 0 Å². The van der Waals surface area contributed by atoms with Gasteiger partial charge in [-0.25, -0.2) is 15.0 Å². The molecule has 10 rings (SSSR count). The number of fused-ring (bicyclic) bond motifs is 3. The molecule has 0 fully saturated rings. The van der Waals surface area contributed by atoms with E-state index < -0.39 is 5.41 Å². The molecular weight excluding hydrogens is 669 g/mol. The summed E-state index contributed by atoms with van der Waals surface area (Å²) in [7, 11) is 0. The van der Waals surface area contributed by atoms with Crippen molar-refractivity contribution in [2.24, 2.45) is 0 Å². The minimum absolute atomic E-state index is 0.529. The summed E-state index contributed by atoms with van der Waals surface area (Å²) >= 11 is 0. The first-order valence-corrected chi connectivity index (χ1v) is 18.5. The van der Waals surface area contributed by atoms with Crippen molar-refractivity contribution in [3.63, 3.8) is 0 Å². The van der Waals surface area contributed by atoms with Crippen molar-refractivity contribution in [1.29, 1.82) is 0 Å². The Morgan fingerprint density at radius 1 is 0.291 bits per heavy atom. The van der Waals surface area contributed by atoms with E-state index in [-0.39, 0.29) is 0 Å². The summed E-state index contributed by atoms with van der Waals surface area (Å²) < 4.78 is 0. The van der Waals surface area contributed by atoms with Gasteiger partial charge in [0.2, 0.25) is 0 Å². The second kappa shape index (κ2) is 13.6. The first-order chi connectivity index (χ1) is 27.3. The Morgan fingerprint density at radius 2 is 0.691 bits per heavy atom. The maximum Gasteiger partial charge on any atom is 0.164 e. The summed E-state index contributed by atoms with van der Waals surface area (Å²) in [5, 5.41) is 0. The number of nitrogens with zero attached hydrogens (tertiary/aromatic N) is 4. The van der Waals surface area contributed by atoms with Crippen molar-refractivity contribution < 1.29 is 0 Å². The second-order valence-electron chi connectivity index (χ2n) is 13.9. The predicted molar refractivity (Wildman–Crippen MR) is 222 cm³/mol. The van der Waals surface area contributed by atoms with Crippen LogP contribution in [0.3, 0.4) is 0 Å². The molecule has 0 radical (unpaired) electrons. The van der Waals surface area contributed by atoms with Gasteiger partial charge in [0, 0.05) is 29.1 Å². The highest BCUT2D eigenvalue weighted by molar-refractivity contribution is 5.88. The van der Waals surface area contributed by atoms with Gasteiger partial charge in [-0.05, 0) is 73.8 Å². The van der Waals surface area contributed by atoms with Crippen molar-refractivity contribution in [3.8, 4) is 67.5 Å². The van der Waals surface area contributed by atoms with E-state index in [9.17, 15) is 0 Å². The fraction of sp³-hybridized carbons (Fsp3) is 0.0196. The van der Waals surface area contributed by atoms with Crippen molar-refractivity contribution in [2.75, 3.05) is 0 Å². The Morgan fingerprint density at radius 3 is 1.25 bits per heavy atom. The lowest BCUT2D eigenvalue weighted by Gasteiger charge is -2.34. The zero-order valence-electron chi connectivity index (χ0n) is 29.9. The summed E-state index contributed by atoms with van der Waals surface area (Å²) in [6.45, 7) is 0. The highest BCUT2D eigenvalue weighted by Gasteiger charge is 2.46. The van der Waals surface area contributed by atoms with E-state index in [4.69, 9.17) is 15.0 Å². The molecule has 0 atom stereocenters. The van der Waals surface area contributed by atoms with Crippen LogP contribution in [-0.2, 0) is 5.41 Å². The average Bonchev–Trinajstić information content (AvgIpc) is 3.58. The minimum atomic E-state index is -0.529. The fourth-order valence-corrected chi connectivity index (χ4v) is 8.15. The molecule has 0 saturated heterocycles. The van der Waals surface area contributed by atoms with Gasteiger partial charge >= 0.3 is 0 Å². The van der Waals surface area contributed by atoms with Crippen molar-refractivity contribution >= 4 is 0 Å². The number of pyridine rings is 1. The van der Waals surface area contributed by atoms with Crippen LogP contribution in [0.4, 0.5) is 0 Å². The molecule has 0 spiro atoms. The molecule has 0 unspecified atom stereocenters. The average molecular weight is 703 g/mol. The SMILES string of the molecule is c1ccc(-c2ccc(-c3nc(-c4ccc(-c5ccncc5)cc4)nc(-c4ccc5c(c4)C(c4ccccc4)(c4ccccc4)c4ccccc4-5)n3)cc2)cc1. The Balaban J connectivity index is 1.16. The molecule has 2 aromatic heterocycles. The number of hydrogen-bond donors (Lipinski definition) is 0. The lowest BCUT2D eigenvalue weighted by Crippen LogP contribution is -2.28. The van der Waals surface area contributed by atoms with Crippen molar-refractivity contribution in [3.05, 3.63) is 229 Å². The van der Waals surface area contributed by atoms with Crippen LogP contribution >= 0.6 is 0 Å². The Bertz CT molecular complexity index is 2630. The van der Waals surface area contributed by atoms with Crippen LogP contribution in [0.15, 0.2) is 207 Å². The summed E-state index contributed by atoms with van der Waals surface area (Å²) in [6, 6.07) is 68.6. The number of aromatic nitrogens is 4. The predicted octanol–water partition coefficient (Wildman–Crippen LogP) is 12.0. The number of benzene rings is 7. The van der Waals surface area contributed by atoms with Gasteiger partial charge in [0.1, 0.15) is 0 Å². The Kier molecular flexibility index (Phi) is 8.00. The molecular formula is C51H34N4. The highest BCUT2D eigenvalue weighted by Crippen LogP contribution is 2.56. The minimum Gasteiger partial charge on any atom is -0.265 e. The third kappa shape index (κ3) is 5.63. The molecule has 7 aromatic carbocycles. The van der Waals surface area contributed by atoms with Crippen molar-refractivity contribution in [1.82, 2.24) is 19.9 Å². The standard InChI is InChI=1S/C51H34N4/c1-4-12-35(13-5-1)36-20-24-39(25-21-36)48-53-49(40-26-22-37(23-27-40)38-30-32-52-33-31-38)55-50(54-48)41-28-29-45-44-18-10-11-19-46(44)51(47(45)34-41,42-14-6-2-7-15-42)43-16-8-3-9-17-43/h1-34H. The van der Waals surface area contributed by atoms with Gasteiger partial charge < -0.3 is 0 Å². The van der Waals surface area contributed by atoms with Crippen LogP contribution in [0.25, 0.3) is 67.5 Å². The van der Waals surface area contributed by atoms with E-state index in [1.54, 1.807) is 0 Å². The van der Waals surface area contributed by atoms with Gasteiger partial charge in [0.25, 0.3) is 0 Å². The third-order valence-corrected chi connectivity index (χ3v) is 10.8. The smallest absolute Gasteiger partial charge is 0.164 e. The zero-order valence-corrected chi connectivity index (χ0v) is 29.9. The van der Waals surface area contributed by atoms with Gasteiger partial charge in [0.15, 0.2) is 17.5 Å². The Labute approximate surface area is 320 Å². The molecule has 9 aromatic rings. The highest BCUT2D eigenvalue weighted by atomic mass is 15.0. The maximum atomic E-state index is 5.21. The van der Waals surface area contributed by atoms with Crippen LogP contribution in [0.2, 0.25) is 0 Å². The largest absolute Gasteiger partial charge is 0.265 e. The van der Waals surface area contributed by atoms with Crippen LogP contribution in [-0.4, -0.2) is 19.9 Å². The summed E-state index contributed by atoms with van der Waals surface area (Å²) in [5.74, 6) is 1.87. The van der Waals surface area contributed by atoms with Crippen LogP contribution in [0.1, 0.15) is 22.3 Å². The van der Waals surface area contributed by atoms with Gasteiger partial charge in [0.05, 0.1) is 5.41 Å². The molecule has 4 heteroatoms. The molecule has 0 amide bonds. The number of hydrogen-bond acceptors (Lipinski definition) is 4. The summed E-state index contributed by atoms with van der Waals surface area (Å²) in [6.07, 6.45) is 3.63.